The summed E-state index contributed by atoms with van der Waals surface area (Å²) in [5.41, 5.74) is 6.85. The summed E-state index contributed by atoms with van der Waals surface area (Å²) in [4.78, 5) is 2.60. The van der Waals surface area contributed by atoms with Gasteiger partial charge in [-0.2, -0.15) is 0 Å². The molecular formula is C15H32N2. The zero-order chi connectivity index (χ0) is 13.3. The van der Waals surface area contributed by atoms with Crippen molar-refractivity contribution in [2.75, 3.05) is 13.6 Å². The van der Waals surface area contributed by atoms with Crippen LogP contribution < -0.4 is 5.73 Å². The summed E-state index contributed by atoms with van der Waals surface area (Å²) >= 11 is 0. The number of rotatable bonds is 5. The summed E-state index contributed by atoms with van der Waals surface area (Å²) in [6.07, 6.45) is 4.99. The van der Waals surface area contributed by atoms with Crippen LogP contribution >= 0.6 is 0 Å². The SMILES string of the molecule is CCC(CC)N(C)C1(CN)CC(C)(C)CC1C. The van der Waals surface area contributed by atoms with Gasteiger partial charge in [-0.15, -0.1) is 0 Å². The Morgan fingerprint density at radius 3 is 2.12 bits per heavy atom. The molecule has 0 bridgehead atoms. The van der Waals surface area contributed by atoms with E-state index in [1.807, 2.05) is 0 Å². The van der Waals surface area contributed by atoms with Gasteiger partial charge >= 0.3 is 0 Å². The van der Waals surface area contributed by atoms with E-state index in [-0.39, 0.29) is 5.54 Å². The highest BCUT2D eigenvalue weighted by Gasteiger charge is 2.50. The topological polar surface area (TPSA) is 29.3 Å². The first-order valence-electron chi connectivity index (χ1n) is 7.26. The molecule has 0 radical (unpaired) electrons. The fourth-order valence-corrected chi connectivity index (χ4v) is 4.18. The van der Waals surface area contributed by atoms with Gasteiger partial charge in [-0.3, -0.25) is 4.90 Å². The fraction of sp³-hybridized carbons (Fsp3) is 1.00. The Morgan fingerprint density at radius 2 is 1.82 bits per heavy atom. The van der Waals surface area contributed by atoms with Gasteiger partial charge in [-0.25, -0.2) is 0 Å². The highest BCUT2D eigenvalue weighted by atomic mass is 15.2. The maximum absolute atomic E-state index is 6.19. The van der Waals surface area contributed by atoms with Crippen LogP contribution in [0.5, 0.6) is 0 Å². The van der Waals surface area contributed by atoms with Crippen LogP contribution in [0.1, 0.15) is 60.3 Å². The molecule has 1 saturated carbocycles. The number of nitrogens with two attached hydrogens (primary N) is 1. The summed E-state index contributed by atoms with van der Waals surface area (Å²) in [7, 11) is 2.29. The zero-order valence-electron chi connectivity index (χ0n) is 12.7. The molecule has 0 heterocycles. The maximum atomic E-state index is 6.19. The Hall–Kier alpha value is -0.0800. The third-order valence-corrected chi connectivity index (χ3v) is 5.11. The molecule has 2 unspecified atom stereocenters. The van der Waals surface area contributed by atoms with Crippen molar-refractivity contribution in [3.05, 3.63) is 0 Å². The third-order valence-electron chi connectivity index (χ3n) is 5.11. The van der Waals surface area contributed by atoms with E-state index < -0.39 is 0 Å². The van der Waals surface area contributed by atoms with E-state index in [0.717, 1.165) is 6.54 Å². The normalized spacial score (nSPS) is 32.6. The second-order valence-corrected chi connectivity index (χ2v) is 6.84. The van der Waals surface area contributed by atoms with Crippen LogP contribution in [0.15, 0.2) is 0 Å². The van der Waals surface area contributed by atoms with Gasteiger partial charge in [0.15, 0.2) is 0 Å². The fourth-order valence-electron chi connectivity index (χ4n) is 4.18. The van der Waals surface area contributed by atoms with E-state index in [1.165, 1.54) is 25.7 Å². The Labute approximate surface area is 108 Å². The van der Waals surface area contributed by atoms with Crippen LogP contribution in [0.4, 0.5) is 0 Å². The van der Waals surface area contributed by atoms with Crippen LogP contribution in [0.2, 0.25) is 0 Å². The van der Waals surface area contributed by atoms with Crippen molar-refractivity contribution < 1.29 is 0 Å². The molecule has 0 saturated heterocycles. The van der Waals surface area contributed by atoms with Crippen molar-refractivity contribution in [2.45, 2.75) is 71.9 Å². The number of hydrogen-bond donors (Lipinski definition) is 1. The van der Waals surface area contributed by atoms with Crippen molar-refractivity contribution in [2.24, 2.45) is 17.1 Å². The van der Waals surface area contributed by atoms with Crippen molar-refractivity contribution in [3.63, 3.8) is 0 Å². The molecular weight excluding hydrogens is 208 g/mol. The van der Waals surface area contributed by atoms with E-state index in [1.54, 1.807) is 0 Å². The van der Waals surface area contributed by atoms with Gasteiger partial charge < -0.3 is 5.73 Å². The second-order valence-electron chi connectivity index (χ2n) is 6.84. The summed E-state index contributed by atoms with van der Waals surface area (Å²) in [5, 5.41) is 0. The Kier molecular flexibility index (Phi) is 4.65. The molecule has 2 heteroatoms. The minimum atomic E-state index is 0.222. The quantitative estimate of drug-likeness (QED) is 0.799. The molecule has 0 aromatic rings. The van der Waals surface area contributed by atoms with Gasteiger partial charge in [-0.1, -0.05) is 34.6 Å². The van der Waals surface area contributed by atoms with Gasteiger partial charge in [0.2, 0.25) is 0 Å². The molecule has 0 aromatic carbocycles. The molecule has 0 amide bonds. The van der Waals surface area contributed by atoms with Crippen LogP contribution in [0.3, 0.4) is 0 Å². The summed E-state index contributed by atoms with van der Waals surface area (Å²) in [5.74, 6) is 0.702. The number of nitrogens with zero attached hydrogens (tertiary/aromatic N) is 1. The van der Waals surface area contributed by atoms with E-state index in [9.17, 15) is 0 Å². The van der Waals surface area contributed by atoms with Gasteiger partial charge in [0.25, 0.3) is 0 Å². The van der Waals surface area contributed by atoms with Crippen LogP contribution in [-0.2, 0) is 0 Å². The van der Waals surface area contributed by atoms with Crippen LogP contribution in [0.25, 0.3) is 0 Å². The van der Waals surface area contributed by atoms with Crippen molar-refractivity contribution >= 4 is 0 Å². The molecule has 2 nitrogen and oxygen atoms in total. The summed E-state index contributed by atoms with van der Waals surface area (Å²) in [6, 6.07) is 0.676. The van der Waals surface area contributed by atoms with Gasteiger partial charge in [0, 0.05) is 18.1 Å². The van der Waals surface area contributed by atoms with Crippen LogP contribution in [0, 0.1) is 11.3 Å². The van der Waals surface area contributed by atoms with Crippen molar-refractivity contribution in [1.82, 2.24) is 4.90 Å². The molecule has 1 rings (SSSR count). The molecule has 2 atom stereocenters. The van der Waals surface area contributed by atoms with Crippen LogP contribution in [-0.4, -0.2) is 30.1 Å². The second kappa shape index (κ2) is 5.27. The lowest BCUT2D eigenvalue weighted by atomic mass is 9.83. The van der Waals surface area contributed by atoms with E-state index >= 15 is 0 Å². The largest absolute Gasteiger partial charge is 0.329 e. The molecule has 1 fully saturated rings. The smallest absolute Gasteiger partial charge is 0.0362 e. The standard InChI is InChI=1S/C15H32N2/c1-7-13(8-2)17(6)15(11-16)10-14(4,5)9-12(15)3/h12-13H,7-11,16H2,1-6H3. The van der Waals surface area contributed by atoms with E-state index in [4.69, 9.17) is 5.73 Å². The lowest BCUT2D eigenvalue weighted by Gasteiger charge is -2.46. The average molecular weight is 240 g/mol. The highest BCUT2D eigenvalue weighted by Crippen LogP contribution is 2.50. The lowest BCUT2D eigenvalue weighted by molar-refractivity contribution is 0.0410. The molecule has 0 aliphatic heterocycles. The third kappa shape index (κ3) is 2.68. The first-order chi connectivity index (χ1) is 7.83. The molecule has 0 aromatic heterocycles. The predicted octanol–water partition coefficient (Wildman–Crippen LogP) is 3.26. The summed E-state index contributed by atoms with van der Waals surface area (Å²) < 4.78 is 0. The lowest BCUT2D eigenvalue weighted by Crippen LogP contribution is -2.57. The maximum Gasteiger partial charge on any atom is 0.0362 e. The Balaban J connectivity index is 2.96. The highest BCUT2D eigenvalue weighted by molar-refractivity contribution is 5.06. The molecule has 1 aliphatic carbocycles. The molecule has 0 spiro atoms. The average Bonchev–Trinajstić information content (AvgIpc) is 2.50. The van der Waals surface area contributed by atoms with E-state index in [0.29, 0.717) is 17.4 Å². The van der Waals surface area contributed by atoms with Gasteiger partial charge in [-0.05, 0) is 44.1 Å². The van der Waals surface area contributed by atoms with Crippen molar-refractivity contribution in [3.8, 4) is 0 Å². The minimum absolute atomic E-state index is 0.222. The monoisotopic (exact) mass is 240 g/mol. The molecule has 2 N–H and O–H groups in total. The van der Waals surface area contributed by atoms with Crippen molar-refractivity contribution in [1.29, 1.82) is 0 Å². The number of hydrogen-bond acceptors (Lipinski definition) is 2. The van der Waals surface area contributed by atoms with Gasteiger partial charge in [0.05, 0.1) is 0 Å². The Morgan fingerprint density at radius 1 is 1.29 bits per heavy atom. The molecule has 17 heavy (non-hydrogen) atoms. The molecule has 1 aliphatic rings. The van der Waals surface area contributed by atoms with E-state index in [2.05, 4.69) is 46.6 Å². The first-order valence-corrected chi connectivity index (χ1v) is 7.26. The Bertz CT molecular complexity index is 245. The zero-order valence-corrected chi connectivity index (χ0v) is 12.7. The predicted molar refractivity (Wildman–Crippen MR) is 76.1 cm³/mol. The number of likely N-dealkylation sites (N-methyl/N-ethyl adjacent to an activating group) is 1. The summed E-state index contributed by atoms with van der Waals surface area (Å²) in [6.45, 7) is 12.5. The first kappa shape index (κ1) is 15.0. The molecule has 102 valence electrons. The van der Waals surface area contributed by atoms with Gasteiger partial charge in [0.1, 0.15) is 0 Å². The minimum Gasteiger partial charge on any atom is -0.329 e.